The predicted molar refractivity (Wildman–Crippen MR) is 50.0 cm³/mol. The van der Waals surface area contributed by atoms with Crippen molar-refractivity contribution >= 4 is 11.7 Å². The van der Waals surface area contributed by atoms with Gasteiger partial charge in [-0.3, -0.25) is 0 Å². The van der Waals surface area contributed by atoms with E-state index in [4.69, 9.17) is 16.6 Å². The van der Waals surface area contributed by atoms with E-state index in [0.29, 0.717) is 0 Å². The van der Waals surface area contributed by atoms with Crippen LogP contribution >= 0.6 is 0 Å². The molecule has 0 aliphatic carbocycles. The average molecular weight is 198 g/mol. The fraction of sp³-hybridized carbons (Fsp3) is 0.222. The van der Waals surface area contributed by atoms with Crippen LogP contribution in [-0.4, -0.2) is 11.1 Å². The normalized spacial score (nSPS) is 14.8. The van der Waals surface area contributed by atoms with Crippen molar-refractivity contribution in [1.82, 2.24) is 0 Å². The second kappa shape index (κ2) is 3.26. The fourth-order valence-electron chi connectivity index (χ4n) is 1.12. The van der Waals surface area contributed by atoms with E-state index in [1.54, 1.807) is 0 Å². The van der Waals surface area contributed by atoms with Crippen LogP contribution in [0.15, 0.2) is 18.2 Å². The molecule has 0 aliphatic rings. The SMILES string of the molecule is C[C@](N)(C(=O)O)c1ccc(F)cc1N. The fourth-order valence-corrected chi connectivity index (χ4v) is 1.12. The van der Waals surface area contributed by atoms with Crippen LogP contribution in [0.3, 0.4) is 0 Å². The number of benzene rings is 1. The smallest absolute Gasteiger partial charge is 0.328 e. The third kappa shape index (κ3) is 1.67. The number of carboxylic acids is 1. The maximum Gasteiger partial charge on any atom is 0.328 e. The quantitative estimate of drug-likeness (QED) is 0.609. The van der Waals surface area contributed by atoms with Crippen molar-refractivity contribution in [2.24, 2.45) is 5.73 Å². The predicted octanol–water partition coefficient (Wildman–Crippen LogP) is 0.666. The molecular formula is C9H11FN2O2. The maximum atomic E-state index is 12.7. The lowest BCUT2D eigenvalue weighted by atomic mass is 9.92. The summed E-state index contributed by atoms with van der Waals surface area (Å²) in [5.74, 6) is -1.73. The maximum absolute atomic E-state index is 12.7. The van der Waals surface area contributed by atoms with Gasteiger partial charge in [0.1, 0.15) is 11.4 Å². The van der Waals surface area contributed by atoms with Crippen LogP contribution in [0.5, 0.6) is 0 Å². The van der Waals surface area contributed by atoms with Crippen LogP contribution in [-0.2, 0) is 10.3 Å². The van der Waals surface area contributed by atoms with Crippen LogP contribution in [0.25, 0.3) is 0 Å². The summed E-state index contributed by atoms with van der Waals surface area (Å²) >= 11 is 0. The van der Waals surface area contributed by atoms with Crippen LogP contribution in [0.4, 0.5) is 10.1 Å². The summed E-state index contributed by atoms with van der Waals surface area (Å²) in [7, 11) is 0. The summed E-state index contributed by atoms with van der Waals surface area (Å²) in [6.07, 6.45) is 0. The number of nitrogens with two attached hydrogens (primary N) is 2. The number of carbonyl (C=O) groups is 1. The molecule has 1 rings (SSSR count). The Balaban J connectivity index is 3.26. The molecule has 0 fully saturated rings. The molecule has 0 saturated heterocycles. The third-order valence-electron chi connectivity index (χ3n) is 2.02. The number of hydrogen-bond donors (Lipinski definition) is 3. The summed E-state index contributed by atoms with van der Waals surface area (Å²) in [6.45, 7) is 1.30. The molecule has 0 saturated carbocycles. The van der Waals surface area contributed by atoms with Crippen molar-refractivity contribution < 1.29 is 14.3 Å². The number of anilines is 1. The van der Waals surface area contributed by atoms with E-state index in [1.807, 2.05) is 0 Å². The van der Waals surface area contributed by atoms with Crippen molar-refractivity contribution in [1.29, 1.82) is 0 Å². The zero-order valence-corrected chi connectivity index (χ0v) is 7.62. The topological polar surface area (TPSA) is 89.3 Å². The van der Waals surface area contributed by atoms with E-state index in [1.165, 1.54) is 13.0 Å². The molecule has 0 aliphatic heterocycles. The van der Waals surface area contributed by atoms with E-state index in [9.17, 15) is 9.18 Å². The summed E-state index contributed by atoms with van der Waals surface area (Å²) in [5, 5.41) is 8.81. The highest BCUT2D eigenvalue weighted by molar-refractivity contribution is 5.82. The molecule has 1 aromatic carbocycles. The third-order valence-corrected chi connectivity index (χ3v) is 2.02. The zero-order valence-electron chi connectivity index (χ0n) is 7.62. The second-order valence-corrected chi connectivity index (χ2v) is 3.24. The molecule has 14 heavy (non-hydrogen) atoms. The second-order valence-electron chi connectivity index (χ2n) is 3.24. The average Bonchev–Trinajstić information content (AvgIpc) is 2.02. The first-order valence-electron chi connectivity index (χ1n) is 3.93. The van der Waals surface area contributed by atoms with Crippen LogP contribution in [0, 0.1) is 5.82 Å². The van der Waals surface area contributed by atoms with Crippen LogP contribution in [0.2, 0.25) is 0 Å². The van der Waals surface area contributed by atoms with Gasteiger partial charge in [0.15, 0.2) is 0 Å². The summed E-state index contributed by atoms with van der Waals surface area (Å²) in [6, 6.07) is 3.45. The van der Waals surface area contributed by atoms with Gasteiger partial charge in [-0.15, -0.1) is 0 Å². The molecule has 1 aromatic rings. The van der Waals surface area contributed by atoms with E-state index in [2.05, 4.69) is 0 Å². The number of aliphatic carboxylic acids is 1. The molecule has 5 N–H and O–H groups in total. The number of halogens is 1. The molecule has 5 heteroatoms. The first-order valence-corrected chi connectivity index (χ1v) is 3.93. The molecule has 0 amide bonds. The van der Waals surface area contributed by atoms with Gasteiger partial charge >= 0.3 is 5.97 Å². The van der Waals surface area contributed by atoms with Crippen molar-refractivity contribution in [3.8, 4) is 0 Å². The number of hydrogen-bond acceptors (Lipinski definition) is 3. The van der Waals surface area contributed by atoms with Gasteiger partial charge in [-0.05, 0) is 19.1 Å². The lowest BCUT2D eigenvalue weighted by Crippen LogP contribution is -2.42. The van der Waals surface area contributed by atoms with Gasteiger partial charge in [-0.25, -0.2) is 9.18 Å². The van der Waals surface area contributed by atoms with Gasteiger partial charge in [0.05, 0.1) is 0 Å². The lowest BCUT2D eigenvalue weighted by Gasteiger charge is -2.21. The first kappa shape index (κ1) is 10.5. The molecule has 76 valence electrons. The Bertz CT molecular complexity index is 377. The molecule has 1 atom stereocenters. The number of carboxylic acid groups (broad SMARTS) is 1. The number of rotatable bonds is 2. The molecule has 0 spiro atoms. The van der Waals surface area contributed by atoms with Gasteiger partial charge in [0.2, 0.25) is 0 Å². The van der Waals surface area contributed by atoms with Gasteiger partial charge in [-0.1, -0.05) is 6.07 Å². The highest BCUT2D eigenvalue weighted by Gasteiger charge is 2.32. The largest absolute Gasteiger partial charge is 0.480 e. The Morgan fingerprint density at radius 1 is 1.57 bits per heavy atom. The summed E-state index contributed by atoms with van der Waals surface area (Å²) in [4.78, 5) is 10.8. The Morgan fingerprint density at radius 2 is 2.14 bits per heavy atom. The first-order chi connectivity index (χ1) is 6.35. The van der Waals surface area contributed by atoms with Crippen molar-refractivity contribution in [2.75, 3.05) is 5.73 Å². The zero-order chi connectivity index (χ0) is 10.9. The highest BCUT2D eigenvalue weighted by atomic mass is 19.1. The molecule has 0 bridgehead atoms. The Labute approximate surface area is 80.3 Å². The molecule has 4 nitrogen and oxygen atoms in total. The minimum absolute atomic E-state index is 0.0393. The van der Waals surface area contributed by atoms with Gasteiger partial charge in [-0.2, -0.15) is 0 Å². The summed E-state index contributed by atoms with van der Waals surface area (Å²) < 4.78 is 12.7. The Hall–Kier alpha value is -1.62. The van der Waals surface area contributed by atoms with E-state index < -0.39 is 17.3 Å². The highest BCUT2D eigenvalue weighted by Crippen LogP contribution is 2.24. The van der Waals surface area contributed by atoms with Crippen LogP contribution in [0.1, 0.15) is 12.5 Å². The number of nitrogen functional groups attached to an aromatic ring is 1. The summed E-state index contributed by atoms with van der Waals surface area (Å²) in [5.41, 5.74) is 9.63. The Morgan fingerprint density at radius 3 is 2.57 bits per heavy atom. The molecular weight excluding hydrogens is 187 g/mol. The monoisotopic (exact) mass is 198 g/mol. The minimum Gasteiger partial charge on any atom is -0.480 e. The Kier molecular flexibility index (Phi) is 2.44. The molecule has 0 radical (unpaired) electrons. The molecule has 0 aromatic heterocycles. The van der Waals surface area contributed by atoms with Crippen molar-refractivity contribution in [3.63, 3.8) is 0 Å². The van der Waals surface area contributed by atoms with Crippen molar-refractivity contribution in [2.45, 2.75) is 12.5 Å². The van der Waals surface area contributed by atoms with E-state index >= 15 is 0 Å². The lowest BCUT2D eigenvalue weighted by molar-refractivity contribution is -0.143. The minimum atomic E-state index is -1.60. The van der Waals surface area contributed by atoms with E-state index in [0.717, 1.165) is 12.1 Å². The van der Waals surface area contributed by atoms with Crippen LogP contribution < -0.4 is 11.5 Å². The molecule has 0 unspecified atom stereocenters. The van der Waals surface area contributed by atoms with Crippen molar-refractivity contribution in [3.05, 3.63) is 29.6 Å². The standard InChI is InChI=1S/C9H11FN2O2/c1-9(12,8(13)14)6-3-2-5(10)4-7(6)11/h2-4H,11-12H2,1H3,(H,13,14)/t9-/m1/s1. The molecule has 0 heterocycles. The van der Waals surface area contributed by atoms with Gasteiger partial charge in [0.25, 0.3) is 0 Å². The van der Waals surface area contributed by atoms with Gasteiger partial charge < -0.3 is 16.6 Å². The van der Waals surface area contributed by atoms with Gasteiger partial charge in [0, 0.05) is 11.3 Å². The van der Waals surface area contributed by atoms with E-state index in [-0.39, 0.29) is 11.3 Å².